The number of methoxy groups -OCH3 is 1. The summed E-state index contributed by atoms with van der Waals surface area (Å²) >= 11 is 0. The number of hydrogen-bond acceptors (Lipinski definition) is 5. The third-order valence-electron chi connectivity index (χ3n) is 2.60. The van der Waals surface area contributed by atoms with E-state index in [1.54, 1.807) is 13.0 Å². The highest BCUT2D eigenvalue weighted by molar-refractivity contribution is 5.88. The molecule has 0 bridgehead atoms. The van der Waals surface area contributed by atoms with Crippen LogP contribution in [0.1, 0.15) is 17.4 Å². The Hall–Kier alpha value is -2.50. The summed E-state index contributed by atoms with van der Waals surface area (Å²) in [6.07, 6.45) is 1.26. The molecule has 0 aliphatic carbocycles. The predicted molar refractivity (Wildman–Crippen MR) is 69.9 cm³/mol. The molecule has 0 aliphatic heterocycles. The Morgan fingerprint density at radius 3 is 2.80 bits per heavy atom. The van der Waals surface area contributed by atoms with Crippen LogP contribution < -0.4 is 4.74 Å². The van der Waals surface area contributed by atoms with Gasteiger partial charge in [-0.15, -0.1) is 0 Å². The van der Waals surface area contributed by atoms with E-state index in [-0.39, 0.29) is 18.1 Å². The summed E-state index contributed by atoms with van der Waals surface area (Å²) in [6.45, 7) is 1.98. The second kappa shape index (κ2) is 6.10. The van der Waals surface area contributed by atoms with Gasteiger partial charge in [0.25, 0.3) is 0 Å². The molecule has 0 N–H and O–H groups in total. The smallest absolute Gasteiger partial charge is 0.357 e. The number of halogens is 1. The molecule has 0 saturated heterocycles. The topological polar surface area (TPSA) is 61.3 Å². The second-order valence-electron chi connectivity index (χ2n) is 3.86. The van der Waals surface area contributed by atoms with E-state index in [9.17, 15) is 9.18 Å². The third kappa shape index (κ3) is 2.90. The Balaban J connectivity index is 2.38. The van der Waals surface area contributed by atoms with E-state index in [0.717, 1.165) is 0 Å². The van der Waals surface area contributed by atoms with E-state index in [1.165, 1.54) is 31.6 Å². The van der Waals surface area contributed by atoms with Gasteiger partial charge in [0.1, 0.15) is 6.33 Å². The summed E-state index contributed by atoms with van der Waals surface area (Å²) in [7, 11) is 1.38. The van der Waals surface area contributed by atoms with Crippen molar-refractivity contribution in [3.8, 4) is 17.0 Å². The first kappa shape index (κ1) is 13.9. The molecule has 1 heterocycles. The number of rotatable bonds is 4. The molecule has 0 fully saturated rings. The van der Waals surface area contributed by atoms with Crippen LogP contribution in [0.15, 0.2) is 30.6 Å². The van der Waals surface area contributed by atoms with Crippen molar-refractivity contribution in [2.75, 3.05) is 13.7 Å². The van der Waals surface area contributed by atoms with Crippen LogP contribution in [-0.4, -0.2) is 29.7 Å². The summed E-state index contributed by atoms with van der Waals surface area (Å²) in [6, 6.07) is 5.83. The number of esters is 1. The largest absolute Gasteiger partial charge is 0.494 e. The fourth-order valence-electron chi connectivity index (χ4n) is 1.65. The van der Waals surface area contributed by atoms with Crippen LogP contribution >= 0.6 is 0 Å². The SMILES string of the molecule is CCOC(=O)c1cc(-c2ccc(F)c(OC)c2)ncn1. The van der Waals surface area contributed by atoms with E-state index in [1.807, 2.05) is 0 Å². The van der Waals surface area contributed by atoms with Gasteiger partial charge in [-0.05, 0) is 31.2 Å². The highest BCUT2D eigenvalue weighted by Gasteiger charge is 2.12. The molecule has 104 valence electrons. The van der Waals surface area contributed by atoms with Gasteiger partial charge in [0.15, 0.2) is 17.3 Å². The van der Waals surface area contributed by atoms with Crippen molar-refractivity contribution in [3.63, 3.8) is 0 Å². The minimum atomic E-state index is -0.523. The van der Waals surface area contributed by atoms with Crippen molar-refractivity contribution < 1.29 is 18.7 Å². The summed E-state index contributed by atoms with van der Waals surface area (Å²) in [5.41, 5.74) is 1.26. The zero-order valence-corrected chi connectivity index (χ0v) is 11.1. The van der Waals surface area contributed by atoms with Gasteiger partial charge in [-0.1, -0.05) is 0 Å². The zero-order chi connectivity index (χ0) is 14.5. The predicted octanol–water partition coefficient (Wildman–Crippen LogP) is 2.47. The Morgan fingerprint density at radius 2 is 2.10 bits per heavy atom. The number of nitrogens with zero attached hydrogens (tertiary/aromatic N) is 2. The normalized spacial score (nSPS) is 10.2. The average molecular weight is 276 g/mol. The van der Waals surface area contributed by atoms with Gasteiger partial charge in [0.05, 0.1) is 19.4 Å². The van der Waals surface area contributed by atoms with E-state index < -0.39 is 11.8 Å². The van der Waals surface area contributed by atoms with Gasteiger partial charge >= 0.3 is 5.97 Å². The van der Waals surface area contributed by atoms with Crippen molar-refractivity contribution in [2.45, 2.75) is 6.92 Å². The Bertz CT molecular complexity index is 632. The van der Waals surface area contributed by atoms with Gasteiger partial charge in [-0.25, -0.2) is 19.2 Å². The molecule has 0 unspecified atom stereocenters. The van der Waals surface area contributed by atoms with E-state index in [0.29, 0.717) is 11.3 Å². The number of ether oxygens (including phenoxy) is 2. The van der Waals surface area contributed by atoms with Gasteiger partial charge in [0, 0.05) is 5.56 Å². The van der Waals surface area contributed by atoms with E-state index in [4.69, 9.17) is 9.47 Å². The highest BCUT2D eigenvalue weighted by Crippen LogP contribution is 2.25. The monoisotopic (exact) mass is 276 g/mol. The zero-order valence-electron chi connectivity index (χ0n) is 11.1. The molecule has 0 radical (unpaired) electrons. The van der Waals surface area contributed by atoms with Gasteiger partial charge in [-0.2, -0.15) is 0 Å². The molecule has 1 aromatic carbocycles. The maximum atomic E-state index is 13.4. The lowest BCUT2D eigenvalue weighted by atomic mass is 10.1. The lowest BCUT2D eigenvalue weighted by molar-refractivity contribution is 0.0519. The van der Waals surface area contributed by atoms with Gasteiger partial charge < -0.3 is 9.47 Å². The molecule has 5 nitrogen and oxygen atoms in total. The van der Waals surface area contributed by atoms with Crippen LogP contribution in [0.2, 0.25) is 0 Å². The summed E-state index contributed by atoms with van der Waals surface area (Å²) in [5.74, 6) is -0.875. The van der Waals surface area contributed by atoms with Crippen molar-refractivity contribution in [1.29, 1.82) is 0 Å². The second-order valence-corrected chi connectivity index (χ2v) is 3.86. The lowest BCUT2D eigenvalue weighted by Crippen LogP contribution is -2.07. The molecule has 2 aromatic rings. The van der Waals surface area contributed by atoms with Gasteiger partial charge in [-0.3, -0.25) is 0 Å². The molecule has 0 saturated carbocycles. The standard InChI is InChI=1S/C14H13FN2O3/c1-3-20-14(18)12-7-11(16-8-17-12)9-4-5-10(15)13(6-9)19-2/h4-8H,3H2,1-2H3. The van der Waals surface area contributed by atoms with Crippen molar-refractivity contribution in [3.05, 3.63) is 42.1 Å². The molecule has 0 aliphatic rings. The van der Waals surface area contributed by atoms with Crippen molar-refractivity contribution in [1.82, 2.24) is 9.97 Å². The molecular weight excluding hydrogens is 263 g/mol. The first-order valence-corrected chi connectivity index (χ1v) is 5.98. The number of carbonyl (C=O) groups excluding carboxylic acids is 1. The minimum Gasteiger partial charge on any atom is -0.494 e. The quantitative estimate of drug-likeness (QED) is 0.803. The van der Waals surface area contributed by atoms with Gasteiger partial charge in [0.2, 0.25) is 0 Å². The van der Waals surface area contributed by atoms with E-state index >= 15 is 0 Å². The van der Waals surface area contributed by atoms with Crippen LogP contribution in [0.3, 0.4) is 0 Å². The Morgan fingerprint density at radius 1 is 1.30 bits per heavy atom. The number of benzene rings is 1. The van der Waals surface area contributed by atoms with Crippen LogP contribution in [0.25, 0.3) is 11.3 Å². The average Bonchev–Trinajstić information content (AvgIpc) is 2.48. The first-order valence-electron chi connectivity index (χ1n) is 5.98. The summed E-state index contributed by atoms with van der Waals surface area (Å²) in [5, 5.41) is 0. The van der Waals surface area contributed by atoms with E-state index in [2.05, 4.69) is 9.97 Å². The number of aromatic nitrogens is 2. The summed E-state index contributed by atoms with van der Waals surface area (Å²) < 4.78 is 23.1. The van der Waals surface area contributed by atoms with Crippen LogP contribution in [-0.2, 0) is 4.74 Å². The number of hydrogen-bond donors (Lipinski definition) is 0. The molecule has 0 atom stereocenters. The molecular formula is C14H13FN2O3. The minimum absolute atomic E-state index is 0.110. The first-order chi connectivity index (χ1) is 9.65. The molecule has 0 spiro atoms. The van der Waals surface area contributed by atoms with Crippen molar-refractivity contribution in [2.24, 2.45) is 0 Å². The molecule has 0 amide bonds. The van der Waals surface area contributed by atoms with Crippen LogP contribution in [0.5, 0.6) is 5.75 Å². The fourth-order valence-corrected chi connectivity index (χ4v) is 1.65. The third-order valence-corrected chi connectivity index (χ3v) is 2.60. The van der Waals surface area contributed by atoms with Crippen molar-refractivity contribution >= 4 is 5.97 Å². The summed E-state index contributed by atoms with van der Waals surface area (Å²) in [4.78, 5) is 19.5. The highest BCUT2D eigenvalue weighted by atomic mass is 19.1. The Kier molecular flexibility index (Phi) is 4.24. The fraction of sp³-hybridized carbons (Fsp3) is 0.214. The molecule has 1 aromatic heterocycles. The molecule has 6 heteroatoms. The maximum Gasteiger partial charge on any atom is 0.357 e. The maximum absolute atomic E-state index is 13.4. The lowest BCUT2D eigenvalue weighted by Gasteiger charge is -2.06. The molecule has 20 heavy (non-hydrogen) atoms. The molecule has 2 rings (SSSR count). The Labute approximate surface area is 115 Å². The number of carbonyl (C=O) groups is 1. The van der Waals surface area contributed by atoms with Crippen LogP contribution in [0, 0.1) is 5.82 Å². The van der Waals surface area contributed by atoms with Crippen LogP contribution in [0.4, 0.5) is 4.39 Å².